The van der Waals surface area contributed by atoms with Gasteiger partial charge in [-0.2, -0.15) is 0 Å². The Morgan fingerprint density at radius 1 is 1.00 bits per heavy atom. The number of aromatic nitrogens is 1. The predicted molar refractivity (Wildman–Crippen MR) is 100 cm³/mol. The van der Waals surface area contributed by atoms with Gasteiger partial charge in [-0.1, -0.05) is 48.5 Å². The van der Waals surface area contributed by atoms with Crippen molar-refractivity contribution in [2.45, 2.75) is 13.0 Å². The fraction of sp³-hybridized carbons (Fsp3) is 0.143. The molecule has 0 unspecified atom stereocenters. The molecular formula is C21H20FN3O. The minimum Gasteiger partial charge on any atom is -0.366 e. The van der Waals surface area contributed by atoms with E-state index in [4.69, 9.17) is 0 Å². The van der Waals surface area contributed by atoms with Crippen LogP contribution in [0.5, 0.6) is 0 Å². The van der Waals surface area contributed by atoms with Crippen LogP contribution in [-0.2, 0) is 13.0 Å². The van der Waals surface area contributed by atoms with E-state index in [0.29, 0.717) is 30.0 Å². The van der Waals surface area contributed by atoms with Crippen LogP contribution in [0.15, 0.2) is 72.9 Å². The number of hydrogen-bond donors (Lipinski definition) is 2. The highest BCUT2D eigenvalue weighted by atomic mass is 19.1. The molecule has 4 nitrogen and oxygen atoms in total. The standard InChI is InChI=1S/C21H20FN3O/c22-19-9-5-4-8-18(19)15-25-20-14-17(11-13-23-20)21(26)24-12-10-16-6-2-1-3-7-16/h1-9,11,13-14H,10,12,15H2,(H,23,25)(H,24,26). The molecule has 2 N–H and O–H groups in total. The molecule has 26 heavy (non-hydrogen) atoms. The Bertz CT molecular complexity index is 868. The Hall–Kier alpha value is -3.21. The van der Waals surface area contributed by atoms with Gasteiger partial charge in [0.15, 0.2) is 0 Å². The number of anilines is 1. The zero-order valence-electron chi connectivity index (χ0n) is 14.3. The molecule has 0 fully saturated rings. The van der Waals surface area contributed by atoms with Crippen LogP contribution in [0.1, 0.15) is 21.5 Å². The summed E-state index contributed by atoms with van der Waals surface area (Å²) in [6, 6.07) is 19.9. The van der Waals surface area contributed by atoms with Gasteiger partial charge in [-0.25, -0.2) is 9.37 Å². The highest BCUT2D eigenvalue weighted by Gasteiger charge is 2.07. The van der Waals surface area contributed by atoms with E-state index in [2.05, 4.69) is 15.6 Å². The van der Waals surface area contributed by atoms with Crippen LogP contribution in [0.4, 0.5) is 10.2 Å². The number of carbonyl (C=O) groups is 1. The summed E-state index contributed by atoms with van der Waals surface area (Å²) in [5.41, 5.74) is 2.24. The van der Waals surface area contributed by atoms with Gasteiger partial charge in [-0.05, 0) is 30.2 Å². The zero-order valence-corrected chi connectivity index (χ0v) is 14.3. The fourth-order valence-corrected chi connectivity index (χ4v) is 2.56. The van der Waals surface area contributed by atoms with Crippen molar-refractivity contribution in [1.29, 1.82) is 0 Å². The Kier molecular flexibility index (Phi) is 5.93. The van der Waals surface area contributed by atoms with E-state index in [1.807, 2.05) is 30.3 Å². The smallest absolute Gasteiger partial charge is 0.251 e. The van der Waals surface area contributed by atoms with Gasteiger partial charge in [0.1, 0.15) is 11.6 Å². The molecule has 0 aliphatic carbocycles. The Balaban J connectivity index is 1.54. The van der Waals surface area contributed by atoms with Gasteiger partial charge < -0.3 is 10.6 Å². The van der Waals surface area contributed by atoms with Crippen molar-refractivity contribution < 1.29 is 9.18 Å². The highest BCUT2D eigenvalue weighted by Crippen LogP contribution is 2.11. The predicted octanol–water partition coefficient (Wildman–Crippen LogP) is 3.81. The van der Waals surface area contributed by atoms with Crippen molar-refractivity contribution in [3.8, 4) is 0 Å². The summed E-state index contributed by atoms with van der Waals surface area (Å²) in [6.45, 7) is 0.863. The number of pyridine rings is 1. The topological polar surface area (TPSA) is 54.0 Å². The lowest BCUT2D eigenvalue weighted by Crippen LogP contribution is -2.25. The first-order valence-corrected chi connectivity index (χ1v) is 8.48. The van der Waals surface area contributed by atoms with Crippen LogP contribution in [0.25, 0.3) is 0 Å². The molecule has 1 heterocycles. The number of carbonyl (C=O) groups excluding carboxylic acids is 1. The third-order valence-corrected chi connectivity index (χ3v) is 3.98. The lowest BCUT2D eigenvalue weighted by molar-refractivity contribution is 0.0954. The number of nitrogens with zero attached hydrogens (tertiary/aromatic N) is 1. The van der Waals surface area contributed by atoms with Crippen LogP contribution in [-0.4, -0.2) is 17.4 Å². The summed E-state index contributed by atoms with van der Waals surface area (Å²) in [6.07, 6.45) is 2.34. The molecule has 3 rings (SSSR count). The molecule has 1 aromatic heterocycles. The summed E-state index contributed by atoms with van der Waals surface area (Å²) in [7, 11) is 0. The van der Waals surface area contributed by atoms with Crippen LogP contribution in [0.3, 0.4) is 0 Å². The van der Waals surface area contributed by atoms with E-state index in [0.717, 1.165) is 6.42 Å². The van der Waals surface area contributed by atoms with E-state index < -0.39 is 0 Å². The molecule has 0 bridgehead atoms. The van der Waals surface area contributed by atoms with Crippen LogP contribution in [0, 0.1) is 5.82 Å². The fourth-order valence-electron chi connectivity index (χ4n) is 2.56. The van der Waals surface area contributed by atoms with Crippen molar-refractivity contribution >= 4 is 11.7 Å². The maximum absolute atomic E-state index is 13.7. The van der Waals surface area contributed by atoms with Crippen molar-refractivity contribution in [2.24, 2.45) is 0 Å². The van der Waals surface area contributed by atoms with Crippen LogP contribution in [0.2, 0.25) is 0 Å². The normalized spacial score (nSPS) is 10.3. The molecule has 2 aromatic carbocycles. The van der Waals surface area contributed by atoms with Crippen LogP contribution < -0.4 is 10.6 Å². The van der Waals surface area contributed by atoms with Gasteiger partial charge in [0.2, 0.25) is 0 Å². The number of nitrogens with one attached hydrogen (secondary N) is 2. The monoisotopic (exact) mass is 349 g/mol. The average molecular weight is 349 g/mol. The van der Waals surface area contributed by atoms with E-state index >= 15 is 0 Å². The minimum atomic E-state index is -0.269. The first kappa shape index (κ1) is 17.6. The molecule has 132 valence electrons. The third kappa shape index (κ3) is 4.89. The summed E-state index contributed by atoms with van der Waals surface area (Å²) in [4.78, 5) is 16.5. The number of rotatable bonds is 7. The van der Waals surface area contributed by atoms with Gasteiger partial charge in [0.05, 0.1) is 0 Å². The summed E-state index contributed by atoms with van der Waals surface area (Å²) >= 11 is 0. The van der Waals surface area contributed by atoms with Crippen molar-refractivity contribution in [2.75, 3.05) is 11.9 Å². The zero-order chi connectivity index (χ0) is 18.2. The summed E-state index contributed by atoms with van der Waals surface area (Å²) in [5.74, 6) is 0.107. The van der Waals surface area contributed by atoms with E-state index in [1.165, 1.54) is 11.6 Å². The third-order valence-electron chi connectivity index (χ3n) is 3.98. The number of benzene rings is 2. The minimum absolute atomic E-state index is 0.155. The van der Waals surface area contributed by atoms with E-state index in [1.54, 1.807) is 36.5 Å². The van der Waals surface area contributed by atoms with Gasteiger partial charge in [-0.3, -0.25) is 4.79 Å². The quantitative estimate of drug-likeness (QED) is 0.682. The first-order valence-electron chi connectivity index (χ1n) is 8.48. The highest BCUT2D eigenvalue weighted by molar-refractivity contribution is 5.94. The molecule has 3 aromatic rings. The van der Waals surface area contributed by atoms with Crippen molar-refractivity contribution in [1.82, 2.24) is 10.3 Å². The molecule has 0 atom stereocenters. The molecule has 0 saturated heterocycles. The molecule has 0 spiro atoms. The van der Waals surface area contributed by atoms with E-state index in [9.17, 15) is 9.18 Å². The molecule has 0 saturated carbocycles. The number of amides is 1. The molecule has 0 aliphatic rings. The Morgan fingerprint density at radius 2 is 1.77 bits per heavy atom. The van der Waals surface area contributed by atoms with Gasteiger partial charge in [0.25, 0.3) is 5.91 Å². The number of hydrogen-bond acceptors (Lipinski definition) is 3. The van der Waals surface area contributed by atoms with Gasteiger partial charge in [0, 0.05) is 30.4 Å². The average Bonchev–Trinajstić information content (AvgIpc) is 2.68. The second-order valence-electron chi connectivity index (χ2n) is 5.87. The van der Waals surface area contributed by atoms with Gasteiger partial charge >= 0.3 is 0 Å². The van der Waals surface area contributed by atoms with Crippen LogP contribution >= 0.6 is 0 Å². The maximum Gasteiger partial charge on any atom is 0.251 e. The first-order chi connectivity index (χ1) is 12.7. The molecule has 5 heteroatoms. The second-order valence-corrected chi connectivity index (χ2v) is 5.87. The molecule has 1 amide bonds. The lowest BCUT2D eigenvalue weighted by Gasteiger charge is -2.09. The molecule has 0 radical (unpaired) electrons. The maximum atomic E-state index is 13.7. The van der Waals surface area contributed by atoms with Crippen molar-refractivity contribution in [3.63, 3.8) is 0 Å². The number of halogens is 1. The second kappa shape index (κ2) is 8.76. The van der Waals surface area contributed by atoms with Gasteiger partial charge in [-0.15, -0.1) is 0 Å². The summed E-state index contributed by atoms with van der Waals surface area (Å²) < 4.78 is 13.7. The lowest BCUT2D eigenvalue weighted by atomic mass is 10.1. The Morgan fingerprint density at radius 3 is 2.58 bits per heavy atom. The molecule has 0 aliphatic heterocycles. The Labute approximate surface area is 152 Å². The molecular weight excluding hydrogens is 329 g/mol. The van der Waals surface area contributed by atoms with E-state index in [-0.39, 0.29) is 11.7 Å². The summed E-state index contributed by atoms with van der Waals surface area (Å²) in [5, 5.41) is 5.95. The van der Waals surface area contributed by atoms with Crippen molar-refractivity contribution in [3.05, 3.63) is 95.4 Å². The SMILES string of the molecule is O=C(NCCc1ccccc1)c1ccnc(NCc2ccccc2F)c1. The largest absolute Gasteiger partial charge is 0.366 e.